The van der Waals surface area contributed by atoms with E-state index < -0.39 is 8.07 Å². The quantitative estimate of drug-likeness (QED) is 0.177. The number of pyridine rings is 1. The summed E-state index contributed by atoms with van der Waals surface area (Å²) in [6.45, 7) is 0. The largest absolute Gasteiger partial charge is 0.311 e. The molecule has 6 aromatic carbocycles. The first-order valence-electron chi connectivity index (χ1n) is 17.2. The Morgan fingerprint density at radius 2 is 0.882 bits per heavy atom. The van der Waals surface area contributed by atoms with Gasteiger partial charge in [-0.25, -0.2) is 9.97 Å². The number of aromatic nitrogens is 3. The molecule has 0 N–H and O–H groups in total. The number of para-hydroxylation sites is 5. The van der Waals surface area contributed by atoms with Crippen molar-refractivity contribution in [2.24, 2.45) is 0 Å². The van der Waals surface area contributed by atoms with Crippen LogP contribution >= 0.6 is 0 Å². The molecule has 51 heavy (non-hydrogen) atoms. The molecule has 0 saturated heterocycles. The molecule has 2 aliphatic heterocycles. The van der Waals surface area contributed by atoms with Gasteiger partial charge in [-0.2, -0.15) is 0 Å². The number of fused-ring (bicyclic) bond motifs is 8. The van der Waals surface area contributed by atoms with Gasteiger partial charge in [0.25, 0.3) is 0 Å². The van der Waals surface area contributed by atoms with Crippen LogP contribution in [0.25, 0.3) is 22.6 Å². The molecule has 0 atom stereocenters. The van der Waals surface area contributed by atoms with E-state index in [4.69, 9.17) is 9.97 Å². The molecule has 2 aliphatic rings. The SMILES string of the molecule is c1ccc(-c2cc(N3c4ccccc4[Si]4(c5ccccc5N(c5ccccc5)c5ccccc54)c4ccccc43)nc(-c3cccnc3)n2)cc1. The summed E-state index contributed by atoms with van der Waals surface area (Å²) >= 11 is 0. The van der Waals surface area contributed by atoms with Crippen molar-refractivity contribution < 1.29 is 0 Å². The van der Waals surface area contributed by atoms with Gasteiger partial charge in [-0.3, -0.25) is 9.88 Å². The number of hydrogen-bond acceptors (Lipinski definition) is 5. The number of nitrogens with zero attached hydrogens (tertiary/aromatic N) is 5. The Hall–Kier alpha value is -6.63. The fraction of sp³-hybridized carbons (Fsp3) is 0. The first-order chi connectivity index (χ1) is 25.3. The maximum absolute atomic E-state index is 5.31. The number of hydrogen-bond donors (Lipinski definition) is 0. The predicted molar refractivity (Wildman–Crippen MR) is 211 cm³/mol. The third-order valence-corrected chi connectivity index (χ3v) is 15.1. The summed E-state index contributed by atoms with van der Waals surface area (Å²) in [7, 11) is -2.89. The third kappa shape index (κ3) is 4.43. The van der Waals surface area contributed by atoms with Crippen LogP contribution in [-0.4, -0.2) is 23.0 Å². The molecule has 0 amide bonds. The van der Waals surface area contributed by atoms with Gasteiger partial charge in [-0.1, -0.05) is 121 Å². The Morgan fingerprint density at radius 1 is 0.412 bits per heavy atom. The predicted octanol–water partition coefficient (Wildman–Crippen LogP) is 8.15. The van der Waals surface area contributed by atoms with Gasteiger partial charge >= 0.3 is 0 Å². The molecule has 10 rings (SSSR count). The second-order valence-electron chi connectivity index (χ2n) is 12.9. The Bertz CT molecular complexity index is 2400. The highest BCUT2D eigenvalue weighted by atomic mass is 28.3. The summed E-state index contributed by atoms with van der Waals surface area (Å²) in [4.78, 5) is 19.6. The summed E-state index contributed by atoms with van der Waals surface area (Å²) in [6, 6.07) is 63.2. The lowest BCUT2D eigenvalue weighted by atomic mass is 10.1. The minimum absolute atomic E-state index is 0.638. The van der Waals surface area contributed by atoms with Crippen molar-refractivity contribution in [1.82, 2.24) is 15.0 Å². The molecule has 0 radical (unpaired) electrons. The molecule has 5 nitrogen and oxygen atoms in total. The minimum Gasteiger partial charge on any atom is -0.311 e. The third-order valence-electron chi connectivity index (χ3n) is 10.1. The van der Waals surface area contributed by atoms with Crippen LogP contribution in [0.1, 0.15) is 0 Å². The second-order valence-corrected chi connectivity index (χ2v) is 16.5. The van der Waals surface area contributed by atoms with Gasteiger partial charge in [0, 0.05) is 58.0 Å². The van der Waals surface area contributed by atoms with Crippen LogP contribution in [0.5, 0.6) is 0 Å². The van der Waals surface area contributed by atoms with Gasteiger partial charge in [0.2, 0.25) is 0 Å². The van der Waals surface area contributed by atoms with Gasteiger partial charge in [-0.05, 0) is 69.3 Å². The van der Waals surface area contributed by atoms with E-state index in [0.29, 0.717) is 5.82 Å². The van der Waals surface area contributed by atoms with Crippen LogP contribution < -0.4 is 30.5 Å². The lowest BCUT2D eigenvalue weighted by Gasteiger charge is -2.49. The second kappa shape index (κ2) is 11.8. The van der Waals surface area contributed by atoms with Crippen molar-refractivity contribution in [3.8, 4) is 22.6 Å². The van der Waals surface area contributed by atoms with Crippen molar-refractivity contribution >= 4 is 63.1 Å². The first kappa shape index (κ1) is 29.3. The maximum atomic E-state index is 5.31. The Morgan fingerprint density at radius 3 is 1.41 bits per heavy atom. The monoisotopic (exact) mass is 669 g/mol. The van der Waals surface area contributed by atoms with Crippen LogP contribution in [-0.2, 0) is 0 Å². The van der Waals surface area contributed by atoms with Gasteiger partial charge in [0.1, 0.15) is 5.82 Å². The zero-order chi connectivity index (χ0) is 33.8. The molecular formula is C45H31N5Si. The lowest BCUT2D eigenvalue weighted by Crippen LogP contribution is -2.79. The maximum Gasteiger partial charge on any atom is 0.188 e. The number of rotatable bonds is 4. The zero-order valence-corrected chi connectivity index (χ0v) is 28.6. The van der Waals surface area contributed by atoms with E-state index in [-0.39, 0.29) is 0 Å². The Balaban J connectivity index is 1.28. The fourth-order valence-electron chi connectivity index (χ4n) is 8.10. The standard InChI is InChI=1S/C45H31N5Si/c1-3-16-32(17-4-1)35-30-44(48-45(47-35)33-18-15-29-46-31-33)50-38-23-9-13-27-42(38)51(43-28-14-10-24-39(43)50)40-25-11-7-21-36(40)49(34-19-5-2-6-20-34)37-22-8-12-26-41(37)51/h1-31H. The van der Waals surface area contributed by atoms with E-state index in [1.165, 1.54) is 32.1 Å². The average Bonchev–Trinajstić information content (AvgIpc) is 3.21. The molecule has 4 heterocycles. The summed E-state index contributed by atoms with van der Waals surface area (Å²) in [6.07, 6.45) is 3.62. The normalized spacial score (nSPS) is 13.6. The molecule has 2 aromatic heterocycles. The van der Waals surface area contributed by atoms with Crippen LogP contribution in [0.4, 0.5) is 34.3 Å². The molecule has 0 bridgehead atoms. The van der Waals surface area contributed by atoms with E-state index in [0.717, 1.165) is 39.7 Å². The Kier molecular flexibility index (Phi) is 6.75. The molecule has 8 aromatic rings. The molecule has 0 aliphatic carbocycles. The lowest BCUT2D eigenvalue weighted by molar-refractivity contribution is 1.12. The van der Waals surface area contributed by atoms with E-state index in [1.807, 2.05) is 24.4 Å². The molecule has 0 fully saturated rings. The van der Waals surface area contributed by atoms with Crippen LogP contribution in [0, 0.1) is 0 Å². The van der Waals surface area contributed by atoms with Crippen molar-refractivity contribution in [2.75, 3.05) is 9.80 Å². The number of benzene rings is 6. The summed E-state index contributed by atoms with van der Waals surface area (Å²) in [5, 5.41) is 5.41. The number of anilines is 6. The van der Waals surface area contributed by atoms with Crippen molar-refractivity contribution in [3.63, 3.8) is 0 Å². The van der Waals surface area contributed by atoms with Crippen molar-refractivity contribution in [3.05, 3.63) is 188 Å². The van der Waals surface area contributed by atoms with E-state index >= 15 is 0 Å². The minimum atomic E-state index is -2.89. The van der Waals surface area contributed by atoms with E-state index in [1.54, 1.807) is 6.20 Å². The fourth-order valence-corrected chi connectivity index (χ4v) is 13.5. The highest BCUT2D eigenvalue weighted by Gasteiger charge is 2.54. The molecular weight excluding hydrogens is 639 g/mol. The molecule has 0 unspecified atom stereocenters. The summed E-state index contributed by atoms with van der Waals surface area (Å²) in [5.74, 6) is 1.45. The van der Waals surface area contributed by atoms with Crippen molar-refractivity contribution in [2.45, 2.75) is 0 Å². The smallest absolute Gasteiger partial charge is 0.188 e. The van der Waals surface area contributed by atoms with Crippen molar-refractivity contribution in [1.29, 1.82) is 0 Å². The van der Waals surface area contributed by atoms with E-state index in [9.17, 15) is 0 Å². The van der Waals surface area contributed by atoms with Gasteiger partial charge in [0.15, 0.2) is 13.9 Å². The highest BCUT2D eigenvalue weighted by Crippen LogP contribution is 2.44. The molecule has 0 saturated carbocycles. The summed E-state index contributed by atoms with van der Waals surface area (Å²) < 4.78 is 0. The topological polar surface area (TPSA) is 45.2 Å². The van der Waals surface area contributed by atoms with Gasteiger partial charge in [0.05, 0.1) is 5.69 Å². The van der Waals surface area contributed by atoms with Gasteiger partial charge < -0.3 is 4.90 Å². The molecule has 6 heteroatoms. The zero-order valence-electron chi connectivity index (χ0n) is 27.6. The van der Waals surface area contributed by atoms with E-state index in [2.05, 4.69) is 173 Å². The van der Waals surface area contributed by atoms with Crippen LogP contribution in [0.2, 0.25) is 0 Å². The molecule has 1 spiro atoms. The first-order valence-corrected chi connectivity index (χ1v) is 19.2. The summed E-state index contributed by atoms with van der Waals surface area (Å²) in [5.41, 5.74) is 8.63. The molecule has 240 valence electrons. The van der Waals surface area contributed by atoms with Crippen LogP contribution in [0.3, 0.4) is 0 Å². The average molecular weight is 670 g/mol. The Labute approximate surface area is 297 Å². The van der Waals surface area contributed by atoms with Crippen LogP contribution in [0.15, 0.2) is 188 Å². The highest BCUT2D eigenvalue weighted by molar-refractivity contribution is 7.23. The van der Waals surface area contributed by atoms with Gasteiger partial charge in [-0.15, -0.1) is 0 Å².